The van der Waals surface area contributed by atoms with E-state index in [1.165, 1.54) is 11.1 Å². The molecule has 2 heterocycles. The van der Waals surface area contributed by atoms with Gasteiger partial charge in [-0.3, -0.25) is 14.5 Å². The zero-order chi connectivity index (χ0) is 36.5. The van der Waals surface area contributed by atoms with Gasteiger partial charge in [0.25, 0.3) is 0 Å². The smallest absolute Gasteiger partial charge is 0.224 e. The minimum atomic E-state index is -0.656. The second kappa shape index (κ2) is 17.5. The summed E-state index contributed by atoms with van der Waals surface area (Å²) in [6, 6.07) is 26.7. The van der Waals surface area contributed by atoms with E-state index >= 15 is 0 Å². The first-order valence-electron chi connectivity index (χ1n) is 17.8. The van der Waals surface area contributed by atoms with Gasteiger partial charge in [-0.2, -0.15) is 0 Å². The molecule has 0 saturated carbocycles. The van der Waals surface area contributed by atoms with Crippen LogP contribution in [0.3, 0.4) is 0 Å². The zero-order valence-corrected chi connectivity index (χ0v) is 29.8. The van der Waals surface area contributed by atoms with Crippen LogP contribution in [0.2, 0.25) is 0 Å². The lowest BCUT2D eigenvalue weighted by atomic mass is 9.97. The van der Waals surface area contributed by atoms with E-state index in [1.54, 1.807) is 26.4 Å². The monoisotopic (exact) mass is 708 g/mol. The summed E-state index contributed by atoms with van der Waals surface area (Å²) in [7, 11) is 3.31. The van der Waals surface area contributed by atoms with Gasteiger partial charge < -0.3 is 40.4 Å². The summed E-state index contributed by atoms with van der Waals surface area (Å²) >= 11 is 0. The molecule has 274 valence electrons. The normalized spacial score (nSPS) is 18.6. The fraction of sp³-hybridized carbons (Fsp3) is 0.366. The van der Waals surface area contributed by atoms with E-state index in [1.807, 2.05) is 60.7 Å². The predicted molar refractivity (Wildman–Crippen MR) is 200 cm³/mol. The Morgan fingerprint density at radius 3 is 2.27 bits per heavy atom. The lowest BCUT2D eigenvalue weighted by molar-refractivity contribution is -0.253. The summed E-state index contributed by atoms with van der Waals surface area (Å²) in [5.74, 6) is 1.20. The zero-order valence-electron chi connectivity index (χ0n) is 29.8. The number of carbonyl (C=O) groups excluding carboxylic acids is 2. The van der Waals surface area contributed by atoms with Crippen LogP contribution in [-0.2, 0) is 38.6 Å². The molecule has 2 amide bonds. The second-order valence-electron chi connectivity index (χ2n) is 13.3. The maximum atomic E-state index is 12.9. The van der Waals surface area contributed by atoms with Crippen molar-refractivity contribution < 1.29 is 33.6 Å². The van der Waals surface area contributed by atoms with Gasteiger partial charge in [0.2, 0.25) is 11.8 Å². The average molecular weight is 709 g/mol. The van der Waals surface area contributed by atoms with E-state index in [9.17, 15) is 14.7 Å². The van der Waals surface area contributed by atoms with Gasteiger partial charge in [-0.1, -0.05) is 48.5 Å². The van der Waals surface area contributed by atoms with Crippen molar-refractivity contribution in [2.45, 2.75) is 70.2 Å². The Hall–Kier alpha value is -4.94. The van der Waals surface area contributed by atoms with Crippen LogP contribution < -0.4 is 25.8 Å². The molecule has 1 fully saturated rings. The molecule has 0 unspecified atom stereocenters. The topological polar surface area (TPSA) is 145 Å². The Balaban J connectivity index is 1.08. The third-order valence-corrected chi connectivity index (χ3v) is 9.61. The van der Waals surface area contributed by atoms with E-state index < -0.39 is 6.29 Å². The number of rotatable bonds is 14. The van der Waals surface area contributed by atoms with Gasteiger partial charge >= 0.3 is 0 Å². The molecule has 4 aromatic rings. The minimum Gasteiger partial charge on any atom is -0.493 e. The minimum absolute atomic E-state index is 0.0229. The highest BCUT2D eigenvalue weighted by Gasteiger charge is 2.34. The molecule has 11 nitrogen and oxygen atoms in total. The molecular weight excluding hydrogens is 660 g/mol. The molecule has 5 N–H and O–H groups in total. The van der Waals surface area contributed by atoms with Crippen molar-refractivity contribution in [2.24, 2.45) is 0 Å². The number of fused-ring (bicyclic) bond motifs is 1. The van der Waals surface area contributed by atoms with Crippen molar-refractivity contribution >= 4 is 28.9 Å². The summed E-state index contributed by atoms with van der Waals surface area (Å²) in [6.07, 6.45) is 2.27. The Morgan fingerprint density at radius 1 is 0.846 bits per heavy atom. The van der Waals surface area contributed by atoms with Gasteiger partial charge in [0, 0.05) is 50.1 Å². The average Bonchev–Trinajstić information content (AvgIpc) is 3.17. The summed E-state index contributed by atoms with van der Waals surface area (Å²) in [5, 5.41) is 15.4. The number of carbonyl (C=O) groups is 2. The van der Waals surface area contributed by atoms with E-state index in [2.05, 4.69) is 27.7 Å². The number of aliphatic hydroxyl groups is 1. The highest BCUT2D eigenvalue weighted by Crippen LogP contribution is 2.40. The van der Waals surface area contributed by atoms with E-state index in [4.69, 9.17) is 24.7 Å². The number of amides is 2. The number of nitrogens with one attached hydrogen (secondary N) is 2. The summed E-state index contributed by atoms with van der Waals surface area (Å²) in [5.41, 5.74) is 12.8. The molecular formula is C41H48N4O7. The standard InChI is InChI=1S/C41H48N4O7/c1-49-37-21-29-18-19-45(24-31(29)22-38(37)50-2)25-33-23-36(28-16-14-27(26-46)15-17-28)52-41(51-33)30-8-7-9-32(20-30)43-39(47)12-5-6-13-40(48)44-35-11-4-3-10-34(35)42/h3-4,7-11,14-17,20-22,33,36,41,46H,5-6,12-13,18-19,23-26,42H2,1-2H3,(H,43,47)(H,44,48)/t33-,36+,41+/m1/s1. The van der Waals surface area contributed by atoms with Gasteiger partial charge in [0.15, 0.2) is 17.8 Å². The number of nitrogens with zero attached hydrogens (tertiary/aromatic N) is 1. The van der Waals surface area contributed by atoms with Crippen molar-refractivity contribution in [1.29, 1.82) is 0 Å². The van der Waals surface area contributed by atoms with Gasteiger partial charge in [-0.25, -0.2) is 0 Å². The van der Waals surface area contributed by atoms with Crippen molar-refractivity contribution in [2.75, 3.05) is 43.7 Å². The SMILES string of the molecule is COc1cc2c(cc1OC)CN(C[C@H]1C[C@@H](c3ccc(CO)cc3)O[C@@H](c3cccc(NC(=O)CCCCC(=O)Nc4ccccc4N)c3)O1)CC2. The second-order valence-corrected chi connectivity index (χ2v) is 13.3. The third-order valence-electron chi connectivity index (χ3n) is 9.61. The Morgan fingerprint density at radius 2 is 1.56 bits per heavy atom. The molecule has 0 spiro atoms. The third kappa shape index (κ3) is 9.48. The fourth-order valence-electron chi connectivity index (χ4n) is 6.80. The fourth-order valence-corrected chi connectivity index (χ4v) is 6.80. The van der Waals surface area contributed by atoms with Gasteiger partial charge in [0.05, 0.1) is 44.4 Å². The van der Waals surface area contributed by atoms with Crippen LogP contribution in [-0.4, -0.2) is 55.2 Å². The summed E-state index contributed by atoms with van der Waals surface area (Å²) in [4.78, 5) is 27.6. The maximum absolute atomic E-state index is 12.9. The number of hydrogen-bond donors (Lipinski definition) is 4. The largest absolute Gasteiger partial charge is 0.493 e. The van der Waals surface area contributed by atoms with Crippen molar-refractivity contribution in [3.63, 3.8) is 0 Å². The van der Waals surface area contributed by atoms with Gasteiger partial charge in [-0.05, 0) is 77.9 Å². The molecule has 0 aliphatic carbocycles. The molecule has 11 heteroatoms. The number of benzene rings is 4. The van der Waals surface area contributed by atoms with Gasteiger partial charge in [0.1, 0.15) is 0 Å². The Kier molecular flexibility index (Phi) is 12.4. The Bertz CT molecular complexity index is 1830. The molecule has 0 bridgehead atoms. The first-order valence-corrected chi connectivity index (χ1v) is 17.8. The van der Waals surface area contributed by atoms with Crippen LogP contribution in [0.1, 0.15) is 72.3 Å². The van der Waals surface area contributed by atoms with Gasteiger partial charge in [-0.15, -0.1) is 0 Å². The number of hydrogen-bond acceptors (Lipinski definition) is 9. The molecule has 0 aromatic heterocycles. The maximum Gasteiger partial charge on any atom is 0.224 e. The lowest BCUT2D eigenvalue weighted by Crippen LogP contribution is -2.41. The number of ether oxygens (including phenoxy) is 4. The van der Waals surface area contributed by atoms with Crippen LogP contribution in [0.4, 0.5) is 17.1 Å². The summed E-state index contributed by atoms with van der Waals surface area (Å²) in [6.45, 7) is 2.35. The van der Waals surface area contributed by atoms with E-state index in [0.29, 0.717) is 49.3 Å². The number of nitrogen functional groups attached to an aromatic ring is 1. The number of para-hydroxylation sites is 2. The number of methoxy groups -OCH3 is 2. The van der Waals surface area contributed by atoms with E-state index in [-0.39, 0.29) is 37.0 Å². The van der Waals surface area contributed by atoms with E-state index in [0.717, 1.165) is 47.7 Å². The summed E-state index contributed by atoms with van der Waals surface area (Å²) < 4.78 is 24.3. The first-order chi connectivity index (χ1) is 25.3. The molecule has 2 aliphatic heterocycles. The first kappa shape index (κ1) is 36.8. The quantitative estimate of drug-likeness (QED) is 0.0850. The number of anilines is 3. The van der Waals surface area contributed by atoms with Crippen molar-refractivity contribution in [3.8, 4) is 11.5 Å². The van der Waals surface area contributed by atoms with Crippen LogP contribution in [0.15, 0.2) is 84.9 Å². The van der Waals surface area contributed by atoms with Crippen molar-refractivity contribution in [3.05, 3.63) is 113 Å². The van der Waals surface area contributed by atoms with Crippen molar-refractivity contribution in [1.82, 2.24) is 4.90 Å². The number of unbranched alkanes of at least 4 members (excludes halogenated alkanes) is 1. The molecule has 1 saturated heterocycles. The molecule has 2 aliphatic rings. The van der Waals surface area contributed by atoms with Crippen LogP contribution in [0.25, 0.3) is 0 Å². The highest BCUT2D eigenvalue weighted by atomic mass is 16.7. The molecule has 0 radical (unpaired) electrons. The molecule has 3 atom stereocenters. The Labute approximate surface area is 305 Å². The predicted octanol–water partition coefficient (Wildman–Crippen LogP) is 6.52. The highest BCUT2D eigenvalue weighted by molar-refractivity contribution is 5.94. The molecule has 4 aromatic carbocycles. The molecule has 52 heavy (non-hydrogen) atoms. The van der Waals surface area contributed by atoms with Crippen LogP contribution in [0.5, 0.6) is 11.5 Å². The molecule has 6 rings (SSSR count). The van der Waals surface area contributed by atoms with Crippen LogP contribution in [0, 0.1) is 0 Å². The van der Waals surface area contributed by atoms with Crippen LogP contribution >= 0.6 is 0 Å². The number of nitrogens with two attached hydrogens (primary N) is 1. The lowest BCUT2D eigenvalue weighted by Gasteiger charge is -2.39. The number of aliphatic hydroxyl groups excluding tert-OH is 1.